The first-order valence-electron chi connectivity index (χ1n) is 6.39. The van der Waals surface area contributed by atoms with Crippen LogP contribution in [0.4, 0.5) is 10.1 Å². The summed E-state index contributed by atoms with van der Waals surface area (Å²) in [5.74, 6) is -0.234. The first-order valence-corrected chi connectivity index (χ1v) is 7.18. The van der Waals surface area contributed by atoms with Crippen molar-refractivity contribution in [1.82, 2.24) is 9.78 Å². The molecule has 2 aromatic rings. The van der Waals surface area contributed by atoms with E-state index < -0.39 is 0 Å². The standard InChI is InChI=1S/C14H17BrFN3/c1-3-12-14(15)13(19(4-2)18-12)9-17-11-7-5-6-10(16)8-11/h5-8,17H,3-4,9H2,1-2H3. The lowest BCUT2D eigenvalue weighted by molar-refractivity contribution is 0.618. The summed E-state index contributed by atoms with van der Waals surface area (Å²) < 4.78 is 16.1. The number of nitrogens with zero attached hydrogens (tertiary/aromatic N) is 2. The fourth-order valence-corrected chi connectivity index (χ4v) is 2.67. The predicted octanol–water partition coefficient (Wildman–Crippen LogP) is 3.98. The Morgan fingerprint density at radius 2 is 2.16 bits per heavy atom. The maximum absolute atomic E-state index is 13.1. The van der Waals surface area contributed by atoms with E-state index in [1.54, 1.807) is 6.07 Å². The third-order valence-electron chi connectivity index (χ3n) is 2.98. The van der Waals surface area contributed by atoms with Crippen LogP contribution in [0.5, 0.6) is 0 Å². The Morgan fingerprint density at radius 3 is 2.79 bits per heavy atom. The van der Waals surface area contributed by atoms with Crippen LogP contribution in [0.15, 0.2) is 28.7 Å². The van der Waals surface area contributed by atoms with Gasteiger partial charge in [-0.2, -0.15) is 5.10 Å². The summed E-state index contributed by atoms with van der Waals surface area (Å²) in [5.41, 5.74) is 2.91. The van der Waals surface area contributed by atoms with E-state index in [2.05, 4.69) is 40.2 Å². The number of anilines is 1. The molecule has 2 rings (SSSR count). The van der Waals surface area contributed by atoms with E-state index in [1.807, 2.05) is 10.7 Å². The summed E-state index contributed by atoms with van der Waals surface area (Å²) in [4.78, 5) is 0. The van der Waals surface area contributed by atoms with Crippen molar-refractivity contribution in [2.75, 3.05) is 5.32 Å². The Morgan fingerprint density at radius 1 is 1.37 bits per heavy atom. The zero-order chi connectivity index (χ0) is 13.8. The fraction of sp³-hybridized carbons (Fsp3) is 0.357. The van der Waals surface area contributed by atoms with Crippen molar-refractivity contribution in [2.45, 2.75) is 33.4 Å². The third kappa shape index (κ3) is 3.15. The molecule has 0 fully saturated rings. The molecule has 1 N–H and O–H groups in total. The van der Waals surface area contributed by atoms with E-state index in [1.165, 1.54) is 12.1 Å². The van der Waals surface area contributed by atoms with E-state index in [9.17, 15) is 4.39 Å². The molecule has 0 aliphatic rings. The summed E-state index contributed by atoms with van der Waals surface area (Å²) in [6.45, 7) is 5.57. The number of aromatic nitrogens is 2. The first kappa shape index (κ1) is 14.1. The number of rotatable bonds is 5. The molecule has 0 amide bonds. The predicted molar refractivity (Wildman–Crippen MR) is 78.7 cm³/mol. The van der Waals surface area contributed by atoms with Crippen LogP contribution >= 0.6 is 15.9 Å². The number of halogens is 2. The average molecular weight is 326 g/mol. The van der Waals surface area contributed by atoms with E-state index in [-0.39, 0.29) is 5.82 Å². The van der Waals surface area contributed by atoms with Gasteiger partial charge in [-0.05, 0) is 47.5 Å². The normalized spacial score (nSPS) is 10.7. The van der Waals surface area contributed by atoms with Crippen LogP contribution in [-0.4, -0.2) is 9.78 Å². The van der Waals surface area contributed by atoms with Crippen molar-refractivity contribution < 1.29 is 4.39 Å². The molecule has 3 nitrogen and oxygen atoms in total. The highest BCUT2D eigenvalue weighted by molar-refractivity contribution is 9.10. The van der Waals surface area contributed by atoms with Gasteiger partial charge < -0.3 is 5.32 Å². The monoisotopic (exact) mass is 325 g/mol. The van der Waals surface area contributed by atoms with Crippen molar-refractivity contribution in [3.8, 4) is 0 Å². The Balaban J connectivity index is 2.17. The highest BCUT2D eigenvalue weighted by Crippen LogP contribution is 2.23. The van der Waals surface area contributed by atoms with Crippen LogP contribution in [0, 0.1) is 5.82 Å². The molecule has 1 aromatic carbocycles. The molecule has 1 heterocycles. The summed E-state index contributed by atoms with van der Waals surface area (Å²) in [7, 11) is 0. The van der Waals surface area contributed by atoms with Crippen molar-refractivity contribution in [2.24, 2.45) is 0 Å². The van der Waals surface area contributed by atoms with Gasteiger partial charge in [0.15, 0.2) is 0 Å². The average Bonchev–Trinajstić information content (AvgIpc) is 2.72. The van der Waals surface area contributed by atoms with Crippen LogP contribution in [0.2, 0.25) is 0 Å². The molecule has 0 radical (unpaired) electrons. The lowest BCUT2D eigenvalue weighted by atomic mass is 10.2. The highest BCUT2D eigenvalue weighted by Gasteiger charge is 2.13. The third-order valence-corrected chi connectivity index (χ3v) is 3.89. The van der Waals surface area contributed by atoms with Gasteiger partial charge in [-0.15, -0.1) is 0 Å². The largest absolute Gasteiger partial charge is 0.379 e. The lowest BCUT2D eigenvalue weighted by Gasteiger charge is -2.08. The Kier molecular flexibility index (Phi) is 4.58. The van der Waals surface area contributed by atoms with Crippen LogP contribution in [-0.2, 0) is 19.5 Å². The van der Waals surface area contributed by atoms with Crippen molar-refractivity contribution >= 4 is 21.6 Å². The first-order chi connectivity index (χ1) is 9.15. The second kappa shape index (κ2) is 6.19. The lowest BCUT2D eigenvalue weighted by Crippen LogP contribution is -2.08. The summed E-state index contributed by atoms with van der Waals surface area (Å²) >= 11 is 3.59. The van der Waals surface area contributed by atoms with Crippen molar-refractivity contribution in [1.29, 1.82) is 0 Å². The van der Waals surface area contributed by atoms with Gasteiger partial charge >= 0.3 is 0 Å². The molecule has 0 unspecified atom stereocenters. The van der Waals surface area contributed by atoms with E-state index in [4.69, 9.17) is 0 Å². The van der Waals surface area contributed by atoms with Gasteiger partial charge in [0.1, 0.15) is 5.82 Å². The van der Waals surface area contributed by atoms with Crippen LogP contribution in [0.25, 0.3) is 0 Å². The zero-order valence-electron chi connectivity index (χ0n) is 11.1. The quantitative estimate of drug-likeness (QED) is 0.901. The van der Waals surface area contributed by atoms with E-state index in [0.29, 0.717) is 6.54 Å². The van der Waals surface area contributed by atoms with Crippen molar-refractivity contribution in [3.63, 3.8) is 0 Å². The molecular weight excluding hydrogens is 309 g/mol. The Hall–Kier alpha value is -1.36. The van der Waals surface area contributed by atoms with E-state index >= 15 is 0 Å². The maximum atomic E-state index is 13.1. The molecule has 0 aliphatic heterocycles. The second-order valence-electron chi connectivity index (χ2n) is 4.24. The summed E-state index contributed by atoms with van der Waals surface area (Å²) in [5, 5.41) is 7.76. The molecule has 5 heteroatoms. The maximum Gasteiger partial charge on any atom is 0.125 e. The van der Waals surface area contributed by atoms with Crippen LogP contribution in [0.1, 0.15) is 25.2 Å². The molecule has 102 valence electrons. The molecule has 1 aromatic heterocycles. The fourth-order valence-electron chi connectivity index (χ4n) is 1.97. The minimum Gasteiger partial charge on any atom is -0.379 e. The highest BCUT2D eigenvalue weighted by atomic mass is 79.9. The number of hydrogen-bond acceptors (Lipinski definition) is 2. The SMILES string of the molecule is CCc1nn(CC)c(CNc2cccc(F)c2)c1Br. The Labute approximate surface area is 121 Å². The van der Waals surface area contributed by atoms with E-state index in [0.717, 1.165) is 34.5 Å². The van der Waals surface area contributed by atoms with Crippen LogP contribution < -0.4 is 5.32 Å². The molecule has 0 aliphatic carbocycles. The topological polar surface area (TPSA) is 29.9 Å². The summed E-state index contributed by atoms with van der Waals surface area (Å²) in [6.07, 6.45) is 0.889. The summed E-state index contributed by atoms with van der Waals surface area (Å²) in [6, 6.07) is 6.47. The number of benzene rings is 1. The van der Waals surface area contributed by atoms with Crippen molar-refractivity contribution in [3.05, 3.63) is 45.9 Å². The number of hydrogen-bond donors (Lipinski definition) is 1. The number of aryl methyl sites for hydroxylation is 2. The van der Waals surface area contributed by atoms with Gasteiger partial charge in [0, 0.05) is 12.2 Å². The van der Waals surface area contributed by atoms with Gasteiger partial charge in [-0.1, -0.05) is 13.0 Å². The molecule has 0 saturated carbocycles. The van der Waals surface area contributed by atoms with Gasteiger partial charge in [0.25, 0.3) is 0 Å². The number of nitrogens with one attached hydrogen (secondary N) is 1. The second-order valence-corrected chi connectivity index (χ2v) is 5.03. The molecule has 0 bridgehead atoms. The Bertz CT molecular complexity index is 566. The minimum atomic E-state index is -0.234. The zero-order valence-corrected chi connectivity index (χ0v) is 12.7. The smallest absolute Gasteiger partial charge is 0.125 e. The molecule has 0 spiro atoms. The van der Waals surface area contributed by atoms with Gasteiger partial charge in [0.05, 0.1) is 22.4 Å². The van der Waals surface area contributed by atoms with Gasteiger partial charge in [-0.25, -0.2) is 4.39 Å². The minimum absolute atomic E-state index is 0.234. The molecule has 0 saturated heterocycles. The molecule has 19 heavy (non-hydrogen) atoms. The molecule has 0 atom stereocenters. The van der Waals surface area contributed by atoms with Gasteiger partial charge in [-0.3, -0.25) is 4.68 Å². The van der Waals surface area contributed by atoms with Crippen LogP contribution in [0.3, 0.4) is 0 Å². The molecular formula is C14H17BrFN3. The van der Waals surface area contributed by atoms with Gasteiger partial charge in [0.2, 0.25) is 0 Å².